The zero-order valence-electron chi connectivity index (χ0n) is 33.3. The zero-order valence-corrected chi connectivity index (χ0v) is 33.3. The molecular weight excluding hydrogens is 780 g/mol. The summed E-state index contributed by atoms with van der Waals surface area (Å²) in [4.78, 5) is 61.4. The molecular formula is C43H50F3N9O5. The van der Waals surface area contributed by atoms with Gasteiger partial charge in [0.25, 0.3) is 11.5 Å². The Morgan fingerprint density at radius 3 is 2.35 bits per heavy atom. The number of pyridine rings is 1. The number of carbonyl (C=O) groups excluding carboxylic acids is 3. The molecule has 0 spiro atoms. The number of benzene rings is 2. The zero-order chi connectivity index (χ0) is 42.2. The summed E-state index contributed by atoms with van der Waals surface area (Å²) < 4.78 is 42.7. The van der Waals surface area contributed by atoms with Crippen LogP contribution in [-0.2, 0) is 14.4 Å². The van der Waals surface area contributed by atoms with Crippen molar-refractivity contribution in [3.05, 3.63) is 95.0 Å². The van der Waals surface area contributed by atoms with E-state index in [1.807, 2.05) is 9.80 Å². The average Bonchev–Trinajstić information content (AvgIpc) is 3.26. The molecule has 4 aromatic rings. The molecule has 4 aliphatic rings. The van der Waals surface area contributed by atoms with Crippen molar-refractivity contribution in [2.75, 3.05) is 61.6 Å². The summed E-state index contributed by atoms with van der Waals surface area (Å²) in [5, 5.41) is 16.6. The summed E-state index contributed by atoms with van der Waals surface area (Å²) >= 11 is 0. The average molecular weight is 830 g/mol. The Bertz CT molecular complexity index is 2220. The van der Waals surface area contributed by atoms with Gasteiger partial charge < -0.3 is 20.2 Å². The first-order valence-corrected chi connectivity index (χ1v) is 20.5. The standard InChI is InChI=1S/C28H40FN5O4.C15H10F2N4O/c29-22-18-21(30-23-7-9-25(35)31-26(23)36)6-8-24(22)33-16-14-32(15-17-33)19-28(38)10-12-34(13-11-28)27(37)20-4-2-1-3-5-20;16-12-9-18-15(20-17)19-14(12)10-4-3-5-11(8-10)21-7-2-1-6-13(21)22/h6,8,18,20,23,30,38H,1-5,7,9-17,19H2,(H,31,35,36);1-9H,(H,18,19,20). The van der Waals surface area contributed by atoms with Gasteiger partial charge in [0.1, 0.15) is 17.6 Å². The number of piperazine rings is 1. The number of hydrogen-bond acceptors (Lipinski definition) is 11. The number of nitrogens with one attached hydrogen (secondary N) is 3. The lowest BCUT2D eigenvalue weighted by Gasteiger charge is -2.44. The number of aliphatic hydroxyl groups is 1. The van der Waals surface area contributed by atoms with Crippen LogP contribution in [0.1, 0.15) is 57.8 Å². The first-order valence-electron chi connectivity index (χ1n) is 20.5. The van der Waals surface area contributed by atoms with Gasteiger partial charge in [0.15, 0.2) is 5.82 Å². The fraction of sp³-hybridized carbons (Fsp3) is 0.442. The molecule has 4 fully saturated rings. The van der Waals surface area contributed by atoms with E-state index in [0.717, 1.165) is 45.0 Å². The van der Waals surface area contributed by atoms with Crippen molar-refractivity contribution >= 4 is 35.0 Å². The van der Waals surface area contributed by atoms with Crippen LogP contribution in [0.3, 0.4) is 0 Å². The quantitative estimate of drug-likeness (QED) is 0.135. The van der Waals surface area contributed by atoms with Crippen LogP contribution in [0.5, 0.6) is 0 Å². The summed E-state index contributed by atoms with van der Waals surface area (Å²) in [6, 6.07) is 15.7. The molecule has 2 aromatic carbocycles. The number of β-amino-alcohol motifs (C(OH)–C–C–N with tert-alkyl or cyclic N) is 1. The highest BCUT2D eigenvalue weighted by Gasteiger charge is 2.38. The monoisotopic (exact) mass is 829 g/mol. The van der Waals surface area contributed by atoms with Crippen molar-refractivity contribution in [2.45, 2.75) is 69.4 Å². The number of anilines is 3. The fourth-order valence-corrected chi connectivity index (χ4v) is 8.42. The Labute approximate surface area is 345 Å². The lowest BCUT2D eigenvalue weighted by molar-refractivity contribution is -0.141. The van der Waals surface area contributed by atoms with Gasteiger partial charge in [-0.2, -0.15) is 5.54 Å². The van der Waals surface area contributed by atoms with Crippen LogP contribution < -0.4 is 26.6 Å². The molecule has 0 radical (unpaired) electrons. The van der Waals surface area contributed by atoms with E-state index < -0.39 is 17.5 Å². The van der Waals surface area contributed by atoms with Gasteiger partial charge in [-0.15, -0.1) is 4.48 Å². The third-order valence-corrected chi connectivity index (χ3v) is 11.8. The van der Waals surface area contributed by atoms with E-state index in [2.05, 4.69) is 25.5 Å². The molecule has 60 heavy (non-hydrogen) atoms. The second-order valence-corrected chi connectivity index (χ2v) is 15.9. The Kier molecular flexibility index (Phi) is 13.4. The summed E-state index contributed by atoms with van der Waals surface area (Å²) in [5.74, 6) is -1.59. The van der Waals surface area contributed by atoms with E-state index >= 15 is 0 Å². The fourth-order valence-electron chi connectivity index (χ4n) is 8.42. The molecule has 17 heteroatoms. The van der Waals surface area contributed by atoms with Crippen molar-refractivity contribution in [1.82, 2.24) is 29.7 Å². The number of likely N-dealkylation sites (tertiary alicyclic amines) is 1. The number of hydrogen-bond donors (Lipinski definition) is 4. The summed E-state index contributed by atoms with van der Waals surface area (Å²) in [5.41, 5.74) is 2.20. The number of rotatable bonds is 9. The first kappa shape index (κ1) is 42.3. The van der Waals surface area contributed by atoms with Gasteiger partial charge in [0, 0.05) is 87.4 Å². The molecule has 1 saturated carbocycles. The Morgan fingerprint density at radius 1 is 0.883 bits per heavy atom. The van der Waals surface area contributed by atoms with Gasteiger partial charge in [-0.25, -0.2) is 18.7 Å². The molecule has 8 rings (SSSR count). The molecule has 3 amide bonds. The van der Waals surface area contributed by atoms with E-state index in [1.165, 1.54) is 28.7 Å². The Morgan fingerprint density at radius 2 is 1.65 bits per heavy atom. The number of halogens is 3. The van der Waals surface area contributed by atoms with E-state index in [9.17, 15) is 37.5 Å². The number of aromatic nitrogens is 3. The molecule has 1 atom stereocenters. The Hall–Kier alpha value is -5.81. The first-order chi connectivity index (χ1) is 29.0. The van der Waals surface area contributed by atoms with Gasteiger partial charge in [0.05, 0.1) is 17.5 Å². The van der Waals surface area contributed by atoms with Crippen molar-refractivity contribution in [3.8, 4) is 16.9 Å². The number of nitrogens with zero attached hydrogens (tertiary/aromatic N) is 6. The molecule has 1 unspecified atom stereocenters. The second-order valence-electron chi connectivity index (χ2n) is 15.9. The topological polar surface area (TPSA) is 165 Å². The minimum absolute atomic E-state index is 0.0546. The number of carbonyl (C=O) groups is 3. The molecule has 318 valence electrons. The predicted octanol–water partition coefficient (Wildman–Crippen LogP) is 4.83. The van der Waals surface area contributed by atoms with Crippen LogP contribution in [0.4, 0.5) is 30.6 Å². The van der Waals surface area contributed by atoms with E-state index in [0.29, 0.717) is 74.6 Å². The van der Waals surface area contributed by atoms with Gasteiger partial charge in [-0.05, 0) is 68.5 Å². The SMILES string of the molecule is O=C1CCC(Nc2ccc(N3CCN(CC4(O)CCN(C(=O)C5CCCCC5)CC4)CC3)c(F)c2)C(=O)N1.O=c1ccccn1-c1cccc(-c2nc(NF)ncc2F)c1. The van der Waals surface area contributed by atoms with Crippen LogP contribution in [0.2, 0.25) is 0 Å². The highest BCUT2D eigenvalue weighted by molar-refractivity contribution is 6.01. The van der Waals surface area contributed by atoms with Gasteiger partial charge >= 0.3 is 0 Å². The van der Waals surface area contributed by atoms with Crippen LogP contribution in [0.15, 0.2) is 77.9 Å². The maximum absolute atomic E-state index is 15.0. The number of piperidine rings is 2. The lowest BCUT2D eigenvalue weighted by atomic mass is 9.86. The van der Waals surface area contributed by atoms with Crippen LogP contribution >= 0.6 is 0 Å². The summed E-state index contributed by atoms with van der Waals surface area (Å²) in [6.45, 7) is 4.57. The van der Waals surface area contributed by atoms with Crippen LogP contribution in [0, 0.1) is 17.6 Å². The Balaban J connectivity index is 0.000000210. The molecule has 2 aromatic heterocycles. The molecule has 3 aliphatic heterocycles. The lowest BCUT2D eigenvalue weighted by Crippen LogP contribution is -2.56. The maximum Gasteiger partial charge on any atom is 0.255 e. The summed E-state index contributed by atoms with van der Waals surface area (Å²) in [7, 11) is 0. The third kappa shape index (κ3) is 10.3. The highest BCUT2D eigenvalue weighted by Crippen LogP contribution is 2.31. The van der Waals surface area contributed by atoms with E-state index in [-0.39, 0.29) is 53.1 Å². The number of imide groups is 1. The molecule has 5 heterocycles. The summed E-state index contributed by atoms with van der Waals surface area (Å²) in [6.07, 6.45) is 9.86. The van der Waals surface area contributed by atoms with Gasteiger partial charge in [-0.3, -0.25) is 34.0 Å². The van der Waals surface area contributed by atoms with Crippen LogP contribution in [-0.4, -0.2) is 105 Å². The van der Waals surface area contributed by atoms with Crippen molar-refractivity contribution < 1.29 is 32.8 Å². The minimum Gasteiger partial charge on any atom is -0.388 e. The van der Waals surface area contributed by atoms with Crippen molar-refractivity contribution in [2.24, 2.45) is 5.92 Å². The third-order valence-electron chi connectivity index (χ3n) is 11.8. The molecule has 3 saturated heterocycles. The second kappa shape index (κ2) is 19.1. The van der Waals surface area contributed by atoms with Gasteiger partial charge in [-0.1, -0.05) is 37.5 Å². The minimum atomic E-state index is -0.792. The predicted molar refractivity (Wildman–Crippen MR) is 220 cm³/mol. The van der Waals surface area contributed by atoms with Crippen molar-refractivity contribution in [1.29, 1.82) is 0 Å². The smallest absolute Gasteiger partial charge is 0.255 e. The maximum atomic E-state index is 15.0. The molecule has 4 N–H and O–H groups in total. The van der Waals surface area contributed by atoms with Gasteiger partial charge in [0.2, 0.25) is 17.7 Å². The van der Waals surface area contributed by atoms with E-state index in [4.69, 9.17) is 0 Å². The van der Waals surface area contributed by atoms with Crippen molar-refractivity contribution in [3.63, 3.8) is 0 Å². The normalized spacial score (nSPS) is 19.8. The van der Waals surface area contributed by atoms with E-state index in [1.54, 1.807) is 54.7 Å². The highest BCUT2D eigenvalue weighted by atomic mass is 19.2. The molecule has 14 nitrogen and oxygen atoms in total. The number of amides is 3. The largest absolute Gasteiger partial charge is 0.388 e. The van der Waals surface area contributed by atoms with Crippen LogP contribution in [0.25, 0.3) is 16.9 Å². The molecule has 0 bridgehead atoms. The molecule has 1 aliphatic carbocycles.